The van der Waals surface area contributed by atoms with E-state index in [2.05, 4.69) is 5.32 Å². The first-order chi connectivity index (χ1) is 13.2. The van der Waals surface area contributed by atoms with Gasteiger partial charge in [-0.2, -0.15) is 4.31 Å². The zero-order valence-corrected chi connectivity index (χ0v) is 16.9. The van der Waals surface area contributed by atoms with Gasteiger partial charge in [-0.15, -0.1) is 0 Å². The maximum atomic E-state index is 13.1. The maximum Gasteiger partial charge on any atom is 0.255 e. The summed E-state index contributed by atoms with van der Waals surface area (Å²) in [5.74, 6) is -0.949. The van der Waals surface area contributed by atoms with E-state index in [1.54, 1.807) is 13.8 Å². The maximum absolute atomic E-state index is 13.1. The number of nitrogens with zero attached hydrogens (tertiary/aromatic N) is 1. The highest BCUT2D eigenvalue weighted by Crippen LogP contribution is 2.28. The van der Waals surface area contributed by atoms with Gasteiger partial charge in [0.1, 0.15) is 10.7 Å². The van der Waals surface area contributed by atoms with Crippen molar-refractivity contribution in [2.75, 3.05) is 18.4 Å². The Morgan fingerprint density at radius 3 is 2.36 bits per heavy atom. The molecular weight excluding hydrogens is 407 g/mol. The highest BCUT2D eigenvalue weighted by Gasteiger charge is 2.33. The third kappa shape index (κ3) is 4.52. The molecule has 1 N–H and O–H groups in total. The summed E-state index contributed by atoms with van der Waals surface area (Å²) in [5.41, 5.74) is 0.517. The summed E-state index contributed by atoms with van der Waals surface area (Å²) in [6, 6.07) is 9.32. The smallest absolute Gasteiger partial charge is 0.255 e. The van der Waals surface area contributed by atoms with Crippen LogP contribution in [0.3, 0.4) is 0 Å². The molecule has 28 heavy (non-hydrogen) atoms. The number of halogens is 2. The molecule has 1 aliphatic heterocycles. The summed E-state index contributed by atoms with van der Waals surface area (Å²) in [7, 11) is -3.90. The van der Waals surface area contributed by atoms with Crippen LogP contribution in [-0.4, -0.2) is 43.9 Å². The number of hydrogen-bond acceptors (Lipinski definition) is 4. The van der Waals surface area contributed by atoms with Gasteiger partial charge >= 0.3 is 0 Å². The molecule has 1 heterocycles. The molecule has 2 atom stereocenters. The molecule has 0 spiro atoms. The Labute approximate surface area is 168 Å². The van der Waals surface area contributed by atoms with Gasteiger partial charge in [-0.25, -0.2) is 12.8 Å². The minimum Gasteiger partial charge on any atom is -0.373 e. The van der Waals surface area contributed by atoms with E-state index in [0.717, 1.165) is 0 Å². The molecule has 0 bridgehead atoms. The fraction of sp³-hybridized carbons (Fsp3) is 0.316. The number of carbonyl (C=O) groups excluding carboxylic acids is 1. The predicted molar refractivity (Wildman–Crippen MR) is 105 cm³/mol. The SMILES string of the molecule is CC1CN(S(=O)(=O)c2cc(C(=O)Nc3ccc(F)cc3)ccc2Cl)CC(C)O1. The van der Waals surface area contributed by atoms with Gasteiger partial charge in [0, 0.05) is 24.3 Å². The molecule has 0 radical (unpaired) electrons. The molecule has 9 heteroatoms. The second-order valence-corrected chi connectivity index (χ2v) is 9.00. The lowest BCUT2D eigenvalue weighted by atomic mass is 10.2. The molecule has 2 unspecified atom stereocenters. The van der Waals surface area contributed by atoms with E-state index in [0.29, 0.717) is 5.69 Å². The van der Waals surface area contributed by atoms with E-state index in [1.165, 1.54) is 46.8 Å². The topological polar surface area (TPSA) is 75.7 Å². The Hall–Kier alpha value is -2.00. The van der Waals surface area contributed by atoms with Crippen molar-refractivity contribution in [2.45, 2.75) is 31.0 Å². The van der Waals surface area contributed by atoms with Crippen LogP contribution in [0, 0.1) is 5.82 Å². The molecule has 2 aromatic rings. The average molecular weight is 427 g/mol. The first-order valence-electron chi connectivity index (χ1n) is 8.69. The average Bonchev–Trinajstić information content (AvgIpc) is 2.63. The minimum absolute atomic E-state index is 0.0325. The van der Waals surface area contributed by atoms with Gasteiger partial charge in [0.25, 0.3) is 5.91 Å². The van der Waals surface area contributed by atoms with E-state index in [1.807, 2.05) is 0 Å². The highest BCUT2D eigenvalue weighted by molar-refractivity contribution is 7.89. The first kappa shape index (κ1) is 20.7. The molecule has 1 amide bonds. The summed E-state index contributed by atoms with van der Waals surface area (Å²) < 4.78 is 46.1. The number of nitrogens with one attached hydrogen (secondary N) is 1. The molecular formula is C19H20ClFN2O4S. The summed E-state index contributed by atoms with van der Waals surface area (Å²) in [6.07, 6.45) is -0.496. The van der Waals surface area contributed by atoms with E-state index in [4.69, 9.17) is 16.3 Å². The fourth-order valence-electron chi connectivity index (χ4n) is 3.04. The van der Waals surface area contributed by atoms with Crippen LogP contribution in [0.2, 0.25) is 5.02 Å². The molecule has 0 aliphatic carbocycles. The molecule has 1 fully saturated rings. The normalized spacial score (nSPS) is 20.7. The Balaban J connectivity index is 1.88. The fourth-order valence-corrected chi connectivity index (χ4v) is 5.14. The monoisotopic (exact) mass is 426 g/mol. The van der Waals surface area contributed by atoms with Crippen molar-refractivity contribution >= 4 is 33.2 Å². The van der Waals surface area contributed by atoms with Crippen molar-refractivity contribution in [1.29, 1.82) is 0 Å². The number of carbonyl (C=O) groups is 1. The van der Waals surface area contributed by atoms with Gasteiger partial charge in [0.2, 0.25) is 10.0 Å². The van der Waals surface area contributed by atoms with Gasteiger partial charge < -0.3 is 10.1 Å². The van der Waals surface area contributed by atoms with Crippen LogP contribution in [0.25, 0.3) is 0 Å². The number of benzene rings is 2. The summed E-state index contributed by atoms with van der Waals surface area (Å²) in [6.45, 7) is 4.00. The summed E-state index contributed by atoms with van der Waals surface area (Å²) in [4.78, 5) is 12.4. The summed E-state index contributed by atoms with van der Waals surface area (Å²) in [5, 5.41) is 2.63. The standard InChI is InChI=1S/C19H20ClFN2O4S/c1-12-10-23(11-13(2)27-12)28(25,26)18-9-14(3-8-17(18)20)19(24)22-16-6-4-15(21)5-7-16/h3-9,12-13H,10-11H2,1-2H3,(H,22,24). The molecule has 150 valence electrons. The Bertz CT molecular complexity index is 972. The number of sulfonamides is 1. The molecule has 0 aromatic heterocycles. The third-order valence-electron chi connectivity index (χ3n) is 4.30. The number of morpholine rings is 1. The van der Waals surface area contributed by atoms with Gasteiger partial charge in [-0.05, 0) is 56.3 Å². The van der Waals surface area contributed by atoms with Crippen LogP contribution >= 0.6 is 11.6 Å². The van der Waals surface area contributed by atoms with E-state index in [-0.39, 0.29) is 40.8 Å². The number of ether oxygens (including phenoxy) is 1. The number of anilines is 1. The minimum atomic E-state index is -3.90. The van der Waals surface area contributed by atoms with Gasteiger partial charge in [0.05, 0.1) is 17.2 Å². The molecule has 6 nitrogen and oxygen atoms in total. The predicted octanol–water partition coefficient (Wildman–Crippen LogP) is 3.53. The van der Waals surface area contributed by atoms with Crippen molar-refractivity contribution in [1.82, 2.24) is 4.31 Å². The zero-order valence-electron chi connectivity index (χ0n) is 15.4. The second kappa shape index (κ2) is 8.16. The largest absolute Gasteiger partial charge is 0.373 e. The molecule has 3 rings (SSSR count). The highest BCUT2D eigenvalue weighted by atomic mass is 35.5. The lowest BCUT2D eigenvalue weighted by Gasteiger charge is -2.34. The number of hydrogen-bond donors (Lipinski definition) is 1. The lowest BCUT2D eigenvalue weighted by molar-refractivity contribution is -0.0440. The van der Waals surface area contributed by atoms with Gasteiger partial charge in [0.15, 0.2) is 0 Å². The Morgan fingerprint density at radius 2 is 1.75 bits per heavy atom. The van der Waals surface area contributed by atoms with Crippen LogP contribution in [0.4, 0.5) is 10.1 Å². The number of rotatable bonds is 4. The second-order valence-electron chi connectivity index (χ2n) is 6.69. The van der Waals surface area contributed by atoms with Crippen molar-refractivity contribution in [2.24, 2.45) is 0 Å². The van der Waals surface area contributed by atoms with E-state index in [9.17, 15) is 17.6 Å². The summed E-state index contributed by atoms with van der Waals surface area (Å²) >= 11 is 6.14. The van der Waals surface area contributed by atoms with Crippen LogP contribution in [0.15, 0.2) is 47.4 Å². The van der Waals surface area contributed by atoms with Crippen LogP contribution in [0.5, 0.6) is 0 Å². The van der Waals surface area contributed by atoms with Crippen molar-refractivity contribution in [3.8, 4) is 0 Å². The molecule has 1 saturated heterocycles. The van der Waals surface area contributed by atoms with Crippen LogP contribution in [-0.2, 0) is 14.8 Å². The van der Waals surface area contributed by atoms with Crippen molar-refractivity contribution < 1.29 is 22.3 Å². The third-order valence-corrected chi connectivity index (χ3v) is 6.61. The Kier molecular flexibility index (Phi) is 6.04. The van der Waals surface area contributed by atoms with Crippen molar-refractivity contribution in [3.63, 3.8) is 0 Å². The quantitative estimate of drug-likeness (QED) is 0.811. The molecule has 0 saturated carbocycles. The molecule has 1 aliphatic rings. The first-order valence-corrected chi connectivity index (χ1v) is 10.5. The van der Waals surface area contributed by atoms with Crippen LogP contribution in [0.1, 0.15) is 24.2 Å². The Morgan fingerprint density at radius 1 is 1.14 bits per heavy atom. The molecule has 2 aromatic carbocycles. The van der Waals surface area contributed by atoms with Crippen molar-refractivity contribution in [3.05, 3.63) is 58.9 Å². The van der Waals surface area contributed by atoms with E-state index >= 15 is 0 Å². The van der Waals surface area contributed by atoms with Gasteiger partial charge in [-0.1, -0.05) is 11.6 Å². The number of amides is 1. The van der Waals surface area contributed by atoms with Crippen LogP contribution < -0.4 is 5.32 Å². The zero-order chi connectivity index (χ0) is 20.5. The van der Waals surface area contributed by atoms with E-state index < -0.39 is 21.7 Å². The van der Waals surface area contributed by atoms with Gasteiger partial charge in [-0.3, -0.25) is 4.79 Å². The lowest BCUT2D eigenvalue weighted by Crippen LogP contribution is -2.48.